The average molecular weight is 593 g/mol. The molecule has 0 fully saturated rings. The van der Waals surface area contributed by atoms with Gasteiger partial charge in [-0.15, -0.1) is 0 Å². The first-order valence-corrected chi connectivity index (χ1v) is 17.5. The van der Waals surface area contributed by atoms with Crippen LogP contribution in [0.3, 0.4) is 0 Å². The molecule has 0 aromatic heterocycles. The molecule has 5 aromatic carbocycles. The van der Waals surface area contributed by atoms with E-state index in [0.29, 0.717) is 0 Å². The van der Waals surface area contributed by atoms with Crippen molar-refractivity contribution in [3.8, 4) is 5.75 Å². The monoisotopic (exact) mass is 592 g/mol. The first-order valence-electron chi connectivity index (χ1n) is 14.9. The van der Waals surface area contributed by atoms with Crippen LogP contribution < -0.4 is 31.3 Å². The van der Waals surface area contributed by atoms with Crippen LogP contribution >= 0.6 is 15.8 Å². The SMILES string of the molecule is CC1(C)C2=C(Oc3c(P(c4ccccc4)c4ccccc4)cccc31)C(P(c1ccccc1)c1ccccc1)=CCC=C2. The summed E-state index contributed by atoms with van der Waals surface area (Å²) in [5.74, 6) is 2.04. The van der Waals surface area contributed by atoms with Crippen LogP contribution in [0.2, 0.25) is 0 Å². The number of benzene rings is 5. The third kappa shape index (κ3) is 5.23. The van der Waals surface area contributed by atoms with Gasteiger partial charge < -0.3 is 4.74 Å². The minimum absolute atomic E-state index is 0.235. The summed E-state index contributed by atoms with van der Waals surface area (Å²) in [6.07, 6.45) is 7.90. The first-order chi connectivity index (χ1) is 21.1. The third-order valence-corrected chi connectivity index (χ3v) is 13.3. The maximum Gasteiger partial charge on any atom is 0.139 e. The highest BCUT2D eigenvalue weighted by Crippen LogP contribution is 2.55. The second-order valence-corrected chi connectivity index (χ2v) is 15.7. The van der Waals surface area contributed by atoms with E-state index in [1.165, 1.54) is 43.0 Å². The van der Waals surface area contributed by atoms with Crippen LogP contribution in [0.5, 0.6) is 5.75 Å². The predicted molar refractivity (Wildman–Crippen MR) is 187 cm³/mol. The Kier molecular flexibility index (Phi) is 7.71. The molecule has 1 nitrogen and oxygen atoms in total. The fourth-order valence-corrected chi connectivity index (χ4v) is 11.0. The van der Waals surface area contributed by atoms with E-state index >= 15 is 0 Å². The molecule has 43 heavy (non-hydrogen) atoms. The van der Waals surface area contributed by atoms with E-state index in [9.17, 15) is 0 Å². The maximum absolute atomic E-state index is 7.34. The number of hydrogen-bond acceptors (Lipinski definition) is 1. The molecule has 0 atom stereocenters. The zero-order valence-corrected chi connectivity index (χ0v) is 26.3. The molecular weight excluding hydrogens is 558 g/mol. The Balaban J connectivity index is 1.43. The van der Waals surface area contributed by atoms with Crippen molar-refractivity contribution in [2.75, 3.05) is 0 Å². The summed E-state index contributed by atoms with van der Waals surface area (Å²) in [5.41, 5.74) is 2.27. The topological polar surface area (TPSA) is 9.23 Å². The molecule has 0 radical (unpaired) electrons. The second-order valence-electron chi connectivity index (χ2n) is 11.4. The number of ether oxygens (including phenoxy) is 1. The van der Waals surface area contributed by atoms with Gasteiger partial charge in [0.2, 0.25) is 0 Å². The van der Waals surface area contributed by atoms with Crippen molar-refractivity contribution < 1.29 is 4.74 Å². The van der Waals surface area contributed by atoms with Gasteiger partial charge in [0, 0.05) is 27.2 Å². The van der Waals surface area contributed by atoms with Crippen molar-refractivity contribution in [3.05, 3.63) is 180 Å². The van der Waals surface area contributed by atoms with Gasteiger partial charge in [-0.3, -0.25) is 0 Å². The van der Waals surface area contributed by atoms with Crippen LogP contribution in [0.1, 0.15) is 25.8 Å². The summed E-state index contributed by atoms with van der Waals surface area (Å²) < 4.78 is 7.34. The molecule has 0 amide bonds. The van der Waals surface area contributed by atoms with Crippen molar-refractivity contribution in [2.45, 2.75) is 25.7 Å². The smallest absolute Gasteiger partial charge is 0.139 e. The molecule has 2 aliphatic rings. The van der Waals surface area contributed by atoms with Crippen LogP contribution in [-0.2, 0) is 5.41 Å². The zero-order valence-electron chi connectivity index (χ0n) is 24.5. The molecule has 0 saturated heterocycles. The number of hydrogen-bond donors (Lipinski definition) is 0. The van der Waals surface area contributed by atoms with Crippen LogP contribution in [0.15, 0.2) is 174 Å². The molecule has 3 heteroatoms. The largest absolute Gasteiger partial charge is 0.455 e. The lowest BCUT2D eigenvalue weighted by Crippen LogP contribution is -2.32. The Morgan fingerprint density at radius 2 is 1.05 bits per heavy atom. The molecule has 0 saturated carbocycles. The molecule has 1 aliphatic heterocycles. The molecule has 0 N–H and O–H groups in total. The molecule has 0 spiro atoms. The van der Waals surface area contributed by atoms with Crippen LogP contribution in [0.4, 0.5) is 0 Å². The summed E-state index contributed by atoms with van der Waals surface area (Å²) in [5, 5.41) is 7.88. The molecular formula is C40H34OP2. The summed E-state index contributed by atoms with van der Waals surface area (Å²) >= 11 is 0. The normalized spacial score (nSPS) is 15.4. The molecule has 5 aromatic rings. The molecule has 1 aliphatic carbocycles. The Bertz CT molecular complexity index is 1740. The van der Waals surface area contributed by atoms with E-state index in [1.54, 1.807) is 0 Å². The van der Waals surface area contributed by atoms with Gasteiger partial charge in [-0.2, -0.15) is 0 Å². The van der Waals surface area contributed by atoms with E-state index in [4.69, 9.17) is 4.74 Å². The summed E-state index contributed by atoms with van der Waals surface area (Å²) in [6.45, 7) is 4.72. The van der Waals surface area contributed by atoms with Gasteiger partial charge in [0.25, 0.3) is 0 Å². The van der Waals surface area contributed by atoms with Crippen LogP contribution in [0.25, 0.3) is 0 Å². The van der Waals surface area contributed by atoms with Crippen LogP contribution in [0, 0.1) is 0 Å². The molecule has 0 bridgehead atoms. The predicted octanol–water partition coefficient (Wildman–Crippen LogP) is 8.35. The maximum atomic E-state index is 7.34. The molecule has 7 rings (SSSR count). The molecule has 0 unspecified atom stereocenters. The number of para-hydroxylation sites is 1. The Labute approximate surface area is 257 Å². The molecule has 1 heterocycles. The summed E-state index contributed by atoms with van der Waals surface area (Å²) in [4.78, 5) is 0. The van der Waals surface area contributed by atoms with Crippen molar-refractivity contribution in [1.82, 2.24) is 0 Å². The summed E-state index contributed by atoms with van der Waals surface area (Å²) in [6, 6.07) is 50.6. The quantitative estimate of drug-likeness (QED) is 0.180. The lowest BCUT2D eigenvalue weighted by molar-refractivity contribution is 0.389. The van der Waals surface area contributed by atoms with E-state index in [2.05, 4.69) is 172 Å². The van der Waals surface area contributed by atoms with Gasteiger partial charge in [0.15, 0.2) is 0 Å². The Morgan fingerprint density at radius 3 is 1.56 bits per heavy atom. The van der Waals surface area contributed by atoms with Gasteiger partial charge in [-0.05, 0) is 43.5 Å². The molecule has 210 valence electrons. The van der Waals surface area contributed by atoms with Crippen molar-refractivity contribution >= 4 is 42.4 Å². The number of allylic oxidation sites excluding steroid dienone is 5. The highest BCUT2D eigenvalue weighted by molar-refractivity contribution is 7.80. The minimum atomic E-state index is -0.830. The van der Waals surface area contributed by atoms with Gasteiger partial charge in [0.1, 0.15) is 11.5 Å². The number of rotatable bonds is 6. The lowest BCUT2D eigenvalue weighted by atomic mass is 9.75. The Hall–Kier alpha value is -4.02. The number of fused-ring (bicyclic) bond motifs is 1. The average Bonchev–Trinajstić information content (AvgIpc) is 3.27. The summed E-state index contributed by atoms with van der Waals surface area (Å²) in [7, 11) is -1.66. The van der Waals surface area contributed by atoms with Crippen molar-refractivity contribution in [3.63, 3.8) is 0 Å². The van der Waals surface area contributed by atoms with E-state index in [1.807, 2.05) is 0 Å². The van der Waals surface area contributed by atoms with Gasteiger partial charge in [-0.1, -0.05) is 172 Å². The fourth-order valence-electron chi connectivity index (χ4n) is 6.17. The zero-order chi connectivity index (χ0) is 29.2. The second kappa shape index (κ2) is 11.9. The fraction of sp³-hybridized carbons (Fsp3) is 0.100. The third-order valence-electron chi connectivity index (χ3n) is 8.29. The van der Waals surface area contributed by atoms with Gasteiger partial charge >= 0.3 is 0 Å². The van der Waals surface area contributed by atoms with Crippen LogP contribution in [-0.4, -0.2) is 0 Å². The lowest BCUT2D eigenvalue weighted by Gasteiger charge is -2.39. The van der Waals surface area contributed by atoms with E-state index < -0.39 is 15.8 Å². The van der Waals surface area contributed by atoms with Gasteiger partial charge in [-0.25, -0.2) is 0 Å². The first kappa shape index (κ1) is 27.8. The van der Waals surface area contributed by atoms with E-state index in [0.717, 1.165) is 17.9 Å². The van der Waals surface area contributed by atoms with Crippen molar-refractivity contribution in [2.24, 2.45) is 0 Å². The minimum Gasteiger partial charge on any atom is -0.455 e. The van der Waals surface area contributed by atoms with Crippen molar-refractivity contribution in [1.29, 1.82) is 0 Å². The highest BCUT2D eigenvalue weighted by Gasteiger charge is 2.40. The standard InChI is InChI=1S/C40H34OP2/c1-40(2)34-26-15-16-28-36(42(30-18-7-3-8-19-30)31-20-9-4-10-21-31)38(34)41-39-35(40)27-17-29-37(39)43(32-22-11-5-12-23-32)33-24-13-6-14-25-33/h3-15,17-29H,16H2,1-2H3. The van der Waals surface area contributed by atoms with E-state index in [-0.39, 0.29) is 5.41 Å². The van der Waals surface area contributed by atoms with Gasteiger partial charge in [0.05, 0.1) is 0 Å². The Morgan fingerprint density at radius 1 is 0.558 bits per heavy atom. The highest BCUT2D eigenvalue weighted by atomic mass is 31.1.